The number of rotatable bonds is 4. The van der Waals surface area contributed by atoms with Gasteiger partial charge in [0.25, 0.3) is 0 Å². The molecule has 3 nitrogen and oxygen atoms in total. The molecule has 3 rings (SSSR count). The molecule has 1 aliphatic carbocycles. The molecular weight excluding hydrogens is 304 g/mol. The van der Waals surface area contributed by atoms with Crippen molar-refractivity contribution in [3.8, 4) is 0 Å². The number of benzene rings is 1. The molecule has 0 bridgehead atoms. The van der Waals surface area contributed by atoms with E-state index in [-0.39, 0.29) is 11.9 Å². The van der Waals surface area contributed by atoms with Gasteiger partial charge >= 0.3 is 0 Å². The molecule has 1 saturated carbocycles. The van der Waals surface area contributed by atoms with Crippen molar-refractivity contribution in [2.75, 3.05) is 12.3 Å². The first-order valence-electron chi connectivity index (χ1n) is 7.67. The van der Waals surface area contributed by atoms with E-state index in [2.05, 4.69) is 16.7 Å². The van der Waals surface area contributed by atoms with Gasteiger partial charge in [0.05, 0.1) is 12.6 Å². The van der Waals surface area contributed by atoms with Gasteiger partial charge in [0.2, 0.25) is 5.91 Å². The van der Waals surface area contributed by atoms with Crippen LogP contribution in [0.4, 0.5) is 0 Å². The van der Waals surface area contributed by atoms with Gasteiger partial charge in [-0.25, -0.2) is 0 Å². The standard InChI is InChI=1S/C16H21ClN2OS/c17-11-5-6-15-13(9-11)14(7-8-21-15)19-16(20)10-18-12-3-1-2-4-12/h5-6,9,12,14,18H,1-4,7-8,10H2,(H,19,20). The maximum absolute atomic E-state index is 12.1. The van der Waals surface area contributed by atoms with Crippen molar-refractivity contribution in [3.63, 3.8) is 0 Å². The van der Waals surface area contributed by atoms with Crippen molar-refractivity contribution >= 4 is 29.3 Å². The highest BCUT2D eigenvalue weighted by Crippen LogP contribution is 2.37. The Morgan fingerprint density at radius 3 is 2.90 bits per heavy atom. The van der Waals surface area contributed by atoms with Crippen LogP contribution < -0.4 is 10.6 Å². The van der Waals surface area contributed by atoms with Crippen LogP contribution in [-0.4, -0.2) is 24.2 Å². The highest BCUT2D eigenvalue weighted by Gasteiger charge is 2.23. The molecule has 1 unspecified atom stereocenters. The number of fused-ring (bicyclic) bond motifs is 1. The molecule has 1 fully saturated rings. The number of nitrogens with one attached hydrogen (secondary N) is 2. The van der Waals surface area contributed by atoms with Crippen LogP contribution in [0, 0.1) is 0 Å². The minimum absolute atomic E-state index is 0.0877. The third kappa shape index (κ3) is 3.93. The summed E-state index contributed by atoms with van der Waals surface area (Å²) in [5.74, 6) is 1.13. The average molecular weight is 325 g/mol. The van der Waals surface area contributed by atoms with Gasteiger partial charge in [0.1, 0.15) is 0 Å². The van der Waals surface area contributed by atoms with Gasteiger partial charge in [0, 0.05) is 21.7 Å². The van der Waals surface area contributed by atoms with Gasteiger partial charge < -0.3 is 10.6 Å². The monoisotopic (exact) mass is 324 g/mol. The van der Waals surface area contributed by atoms with Crippen LogP contribution in [0.2, 0.25) is 5.02 Å². The zero-order valence-corrected chi connectivity index (χ0v) is 13.6. The Morgan fingerprint density at radius 1 is 1.29 bits per heavy atom. The van der Waals surface area contributed by atoms with E-state index < -0.39 is 0 Å². The second-order valence-corrected chi connectivity index (χ2v) is 7.37. The summed E-state index contributed by atoms with van der Waals surface area (Å²) in [6.07, 6.45) is 5.93. The molecule has 2 N–H and O–H groups in total. The lowest BCUT2D eigenvalue weighted by molar-refractivity contribution is -0.121. The van der Waals surface area contributed by atoms with Crippen LogP contribution in [0.5, 0.6) is 0 Å². The molecule has 0 aromatic heterocycles. The second kappa shape index (κ2) is 7.03. The average Bonchev–Trinajstić information content (AvgIpc) is 2.99. The fourth-order valence-electron chi connectivity index (χ4n) is 3.13. The van der Waals surface area contributed by atoms with Crippen LogP contribution >= 0.6 is 23.4 Å². The number of halogens is 1. The van der Waals surface area contributed by atoms with Crippen molar-refractivity contribution in [3.05, 3.63) is 28.8 Å². The summed E-state index contributed by atoms with van der Waals surface area (Å²) in [4.78, 5) is 13.4. The van der Waals surface area contributed by atoms with Gasteiger partial charge in [-0.05, 0) is 43.0 Å². The first-order chi connectivity index (χ1) is 10.2. The van der Waals surface area contributed by atoms with E-state index in [1.807, 2.05) is 23.9 Å². The van der Waals surface area contributed by atoms with Crippen molar-refractivity contribution in [1.29, 1.82) is 0 Å². The highest BCUT2D eigenvalue weighted by atomic mass is 35.5. The van der Waals surface area contributed by atoms with E-state index in [1.54, 1.807) is 0 Å². The van der Waals surface area contributed by atoms with Gasteiger partial charge in [-0.3, -0.25) is 4.79 Å². The lowest BCUT2D eigenvalue weighted by Gasteiger charge is -2.26. The Kier molecular flexibility index (Phi) is 5.09. The Balaban J connectivity index is 1.57. The summed E-state index contributed by atoms with van der Waals surface area (Å²) in [7, 11) is 0. The van der Waals surface area contributed by atoms with Crippen molar-refractivity contribution in [2.24, 2.45) is 0 Å². The summed E-state index contributed by atoms with van der Waals surface area (Å²) in [5, 5.41) is 7.25. The third-order valence-electron chi connectivity index (χ3n) is 4.25. The largest absolute Gasteiger partial charge is 0.348 e. The predicted molar refractivity (Wildman–Crippen MR) is 87.9 cm³/mol. The van der Waals surface area contributed by atoms with E-state index >= 15 is 0 Å². The molecule has 0 saturated heterocycles. The molecule has 2 aliphatic rings. The fourth-order valence-corrected chi connectivity index (χ4v) is 4.41. The minimum atomic E-state index is 0.0877. The summed E-state index contributed by atoms with van der Waals surface area (Å²) >= 11 is 7.93. The number of hydrogen-bond acceptors (Lipinski definition) is 3. The molecule has 5 heteroatoms. The summed E-state index contributed by atoms with van der Waals surface area (Å²) < 4.78 is 0. The molecule has 1 amide bonds. The normalized spacial score (nSPS) is 22.0. The number of carbonyl (C=O) groups excluding carboxylic acids is 1. The second-order valence-electron chi connectivity index (χ2n) is 5.80. The van der Waals surface area contributed by atoms with Crippen LogP contribution in [0.25, 0.3) is 0 Å². The van der Waals surface area contributed by atoms with E-state index in [0.29, 0.717) is 12.6 Å². The molecular formula is C16H21ClN2OS. The van der Waals surface area contributed by atoms with Crippen LogP contribution in [0.3, 0.4) is 0 Å². The smallest absolute Gasteiger partial charge is 0.234 e. The Labute approximate surface area is 135 Å². The lowest BCUT2D eigenvalue weighted by Crippen LogP contribution is -2.40. The minimum Gasteiger partial charge on any atom is -0.348 e. The van der Waals surface area contributed by atoms with E-state index in [0.717, 1.165) is 22.8 Å². The number of thioether (sulfide) groups is 1. The van der Waals surface area contributed by atoms with Gasteiger partial charge in [-0.1, -0.05) is 24.4 Å². The van der Waals surface area contributed by atoms with Crippen molar-refractivity contribution in [2.45, 2.75) is 49.1 Å². The summed E-state index contributed by atoms with van der Waals surface area (Å²) in [5.41, 5.74) is 1.16. The van der Waals surface area contributed by atoms with E-state index in [1.165, 1.54) is 30.6 Å². The van der Waals surface area contributed by atoms with Crippen molar-refractivity contribution in [1.82, 2.24) is 10.6 Å². The Hall–Kier alpha value is -0.710. The van der Waals surface area contributed by atoms with Crippen molar-refractivity contribution < 1.29 is 4.79 Å². The molecule has 1 aromatic rings. The quantitative estimate of drug-likeness (QED) is 0.890. The van der Waals surface area contributed by atoms with E-state index in [9.17, 15) is 4.79 Å². The molecule has 0 spiro atoms. The predicted octanol–water partition coefficient (Wildman–Crippen LogP) is 3.53. The molecule has 21 heavy (non-hydrogen) atoms. The highest BCUT2D eigenvalue weighted by molar-refractivity contribution is 7.99. The molecule has 1 aromatic carbocycles. The Morgan fingerprint density at radius 2 is 2.10 bits per heavy atom. The number of hydrogen-bond donors (Lipinski definition) is 2. The Bertz CT molecular complexity index is 517. The maximum Gasteiger partial charge on any atom is 0.234 e. The number of carbonyl (C=O) groups is 1. The first-order valence-corrected chi connectivity index (χ1v) is 9.04. The molecule has 1 heterocycles. The third-order valence-corrected chi connectivity index (χ3v) is 5.61. The fraction of sp³-hybridized carbons (Fsp3) is 0.562. The molecule has 1 atom stereocenters. The van der Waals surface area contributed by atoms with Gasteiger partial charge in [-0.2, -0.15) is 0 Å². The summed E-state index contributed by atoms with van der Waals surface area (Å²) in [6.45, 7) is 0.421. The van der Waals surface area contributed by atoms with Crippen LogP contribution in [0.15, 0.2) is 23.1 Å². The van der Waals surface area contributed by atoms with Crippen LogP contribution in [-0.2, 0) is 4.79 Å². The SMILES string of the molecule is O=C(CNC1CCCC1)NC1CCSc2ccc(Cl)cc21. The molecule has 1 aliphatic heterocycles. The summed E-state index contributed by atoms with van der Waals surface area (Å²) in [6, 6.07) is 6.58. The zero-order chi connectivity index (χ0) is 14.7. The number of amides is 1. The lowest BCUT2D eigenvalue weighted by atomic mass is 10.0. The van der Waals surface area contributed by atoms with Gasteiger partial charge in [-0.15, -0.1) is 11.8 Å². The first kappa shape index (κ1) is 15.2. The maximum atomic E-state index is 12.1. The topological polar surface area (TPSA) is 41.1 Å². The zero-order valence-electron chi connectivity index (χ0n) is 12.0. The van der Waals surface area contributed by atoms with Crippen LogP contribution in [0.1, 0.15) is 43.7 Å². The molecule has 0 radical (unpaired) electrons. The van der Waals surface area contributed by atoms with E-state index in [4.69, 9.17) is 11.6 Å². The van der Waals surface area contributed by atoms with Gasteiger partial charge in [0.15, 0.2) is 0 Å². The molecule has 114 valence electrons.